The van der Waals surface area contributed by atoms with Crippen LogP contribution in [-0.2, 0) is 12.7 Å². The van der Waals surface area contributed by atoms with Crippen molar-refractivity contribution in [3.8, 4) is 17.1 Å². The molecule has 5 rings (SSSR count). The van der Waals surface area contributed by atoms with Gasteiger partial charge >= 0.3 is 6.18 Å². The van der Waals surface area contributed by atoms with Crippen molar-refractivity contribution in [1.82, 2.24) is 35.0 Å². The second-order valence-corrected chi connectivity index (χ2v) is 9.35. The molecule has 5 heterocycles. The Labute approximate surface area is 220 Å². The molecule has 0 saturated carbocycles. The van der Waals surface area contributed by atoms with Crippen molar-refractivity contribution in [3.05, 3.63) is 52.2 Å². The van der Waals surface area contributed by atoms with Gasteiger partial charge in [-0.05, 0) is 28.1 Å². The molecule has 1 aliphatic heterocycles. The van der Waals surface area contributed by atoms with E-state index in [1.165, 1.54) is 19.4 Å². The number of amides is 1. The highest BCUT2D eigenvalue weighted by Gasteiger charge is 2.37. The van der Waals surface area contributed by atoms with E-state index in [0.29, 0.717) is 16.9 Å². The average Bonchev–Trinajstić information content (AvgIpc) is 3.56. The minimum Gasteiger partial charge on any atom is -0.480 e. The van der Waals surface area contributed by atoms with Gasteiger partial charge in [-0.15, -0.1) is 0 Å². The smallest absolute Gasteiger partial charge is 0.418 e. The van der Waals surface area contributed by atoms with E-state index in [0.717, 1.165) is 16.9 Å². The molecule has 1 fully saturated rings. The number of carbonyl (C=O) groups excluding carboxylic acids is 1. The normalized spacial score (nSPS) is 18.3. The third-order valence-electron chi connectivity index (χ3n) is 6.02. The number of hydrogen-bond acceptors (Lipinski definition) is 9. The minimum atomic E-state index is -4.74. The zero-order chi connectivity index (χ0) is 27.2. The van der Waals surface area contributed by atoms with Gasteiger partial charge < -0.3 is 20.3 Å². The number of nitrogens with one attached hydrogen (secondary N) is 1. The van der Waals surface area contributed by atoms with Crippen molar-refractivity contribution in [2.75, 3.05) is 25.9 Å². The number of alkyl halides is 4. The van der Waals surface area contributed by atoms with Crippen LogP contribution in [0.25, 0.3) is 16.8 Å². The molecule has 16 heteroatoms. The molecule has 11 nitrogen and oxygen atoms in total. The first-order valence-corrected chi connectivity index (χ1v) is 11.9. The number of nitrogens with zero attached hydrogens (tertiary/aromatic N) is 6. The van der Waals surface area contributed by atoms with E-state index in [1.807, 2.05) is 0 Å². The van der Waals surface area contributed by atoms with Crippen LogP contribution >= 0.6 is 15.9 Å². The molecular weight excluding hydrogens is 580 g/mol. The van der Waals surface area contributed by atoms with Crippen LogP contribution in [-0.4, -0.2) is 68.0 Å². The molecule has 0 aromatic carbocycles. The number of halogens is 5. The molecule has 1 aliphatic rings. The van der Waals surface area contributed by atoms with Gasteiger partial charge in [-0.1, -0.05) is 5.16 Å². The Bertz CT molecular complexity index is 1510. The fraction of sp³-hybridized carbons (Fsp3) is 0.318. The van der Waals surface area contributed by atoms with E-state index >= 15 is 0 Å². The van der Waals surface area contributed by atoms with Crippen LogP contribution in [0.2, 0.25) is 0 Å². The van der Waals surface area contributed by atoms with Crippen molar-refractivity contribution >= 4 is 33.2 Å². The van der Waals surface area contributed by atoms with Gasteiger partial charge in [-0.3, -0.25) is 9.69 Å². The van der Waals surface area contributed by atoms with Gasteiger partial charge in [0.15, 0.2) is 11.6 Å². The van der Waals surface area contributed by atoms with Crippen molar-refractivity contribution in [3.63, 3.8) is 0 Å². The van der Waals surface area contributed by atoms with Crippen molar-refractivity contribution in [2.24, 2.45) is 0 Å². The number of hydrogen-bond donors (Lipinski definition) is 2. The first-order chi connectivity index (χ1) is 18.0. The maximum atomic E-state index is 14.8. The van der Waals surface area contributed by atoms with Gasteiger partial charge in [-0.2, -0.15) is 18.3 Å². The van der Waals surface area contributed by atoms with Crippen LogP contribution in [0, 0.1) is 0 Å². The van der Waals surface area contributed by atoms with Crippen molar-refractivity contribution < 1.29 is 31.6 Å². The topological polar surface area (TPSA) is 137 Å². The second kappa shape index (κ2) is 9.83. The number of carbonyl (C=O) groups is 1. The summed E-state index contributed by atoms with van der Waals surface area (Å²) >= 11 is 3.19. The summed E-state index contributed by atoms with van der Waals surface area (Å²) in [6, 6.07) is 2.95. The summed E-state index contributed by atoms with van der Waals surface area (Å²) < 4.78 is 67.7. The van der Waals surface area contributed by atoms with Crippen molar-refractivity contribution in [2.45, 2.75) is 24.9 Å². The molecular formula is C22H19BrF4N8O3. The molecule has 4 aromatic heterocycles. The third-order valence-corrected chi connectivity index (χ3v) is 6.40. The molecule has 200 valence electrons. The Hall–Kier alpha value is -3.79. The average molecular weight is 599 g/mol. The first kappa shape index (κ1) is 25.8. The highest BCUT2D eigenvalue weighted by Crippen LogP contribution is 2.39. The Morgan fingerprint density at radius 2 is 2.08 bits per heavy atom. The Balaban J connectivity index is 1.43. The summed E-state index contributed by atoms with van der Waals surface area (Å²) in [5, 5.41) is 10.3. The van der Waals surface area contributed by atoms with E-state index < -0.39 is 35.4 Å². The molecule has 2 atom stereocenters. The maximum Gasteiger partial charge on any atom is 0.418 e. The fourth-order valence-corrected chi connectivity index (χ4v) is 4.67. The Morgan fingerprint density at radius 3 is 2.76 bits per heavy atom. The highest BCUT2D eigenvalue weighted by atomic mass is 79.9. The lowest BCUT2D eigenvalue weighted by Gasteiger charge is -2.16. The Kier molecular flexibility index (Phi) is 6.68. The number of anilines is 1. The van der Waals surface area contributed by atoms with Gasteiger partial charge in [-0.25, -0.2) is 18.9 Å². The van der Waals surface area contributed by atoms with Crippen LogP contribution < -0.4 is 15.8 Å². The van der Waals surface area contributed by atoms with Crippen LogP contribution in [0.15, 0.2) is 39.8 Å². The summed E-state index contributed by atoms with van der Waals surface area (Å²) in [5.74, 6) is -0.639. The molecule has 0 spiro atoms. The molecule has 3 N–H and O–H groups in total. The number of fused-ring (bicyclic) bond motifs is 1. The van der Waals surface area contributed by atoms with Gasteiger partial charge in [0.1, 0.15) is 28.2 Å². The predicted molar refractivity (Wildman–Crippen MR) is 128 cm³/mol. The molecule has 1 saturated heterocycles. The number of nitrogens with two attached hydrogens (primary N) is 1. The highest BCUT2D eigenvalue weighted by molar-refractivity contribution is 9.10. The number of ether oxygens (including phenoxy) is 1. The van der Waals surface area contributed by atoms with E-state index in [2.05, 4.69) is 41.5 Å². The number of methoxy groups -OCH3 is 1. The zero-order valence-electron chi connectivity index (χ0n) is 19.5. The van der Waals surface area contributed by atoms with Crippen LogP contribution in [0.4, 0.5) is 23.4 Å². The van der Waals surface area contributed by atoms with Gasteiger partial charge in [0, 0.05) is 30.9 Å². The lowest BCUT2D eigenvalue weighted by atomic mass is 10.1. The monoisotopic (exact) mass is 598 g/mol. The summed E-state index contributed by atoms with van der Waals surface area (Å²) in [6.07, 6.45) is -3.87. The quantitative estimate of drug-likeness (QED) is 0.321. The van der Waals surface area contributed by atoms with Gasteiger partial charge in [0.05, 0.1) is 31.0 Å². The first-order valence-electron chi connectivity index (χ1n) is 11.1. The number of likely N-dealkylation sites (tertiary alicyclic amines) is 1. The van der Waals surface area contributed by atoms with E-state index in [4.69, 9.17) is 15.0 Å². The number of nitrogen functional groups attached to an aromatic ring is 1. The van der Waals surface area contributed by atoms with E-state index in [1.54, 1.807) is 11.0 Å². The number of aromatic nitrogens is 5. The summed E-state index contributed by atoms with van der Waals surface area (Å²) in [4.78, 5) is 22.7. The molecule has 1 amide bonds. The second-order valence-electron chi connectivity index (χ2n) is 8.53. The lowest BCUT2D eigenvalue weighted by Crippen LogP contribution is -2.41. The van der Waals surface area contributed by atoms with Crippen molar-refractivity contribution in [1.29, 1.82) is 0 Å². The van der Waals surface area contributed by atoms with Gasteiger partial charge in [0.25, 0.3) is 5.91 Å². The SMILES string of the molecule is COc1ncc(-c2cc(C(F)(F)F)c3c(N)ncnn23)cc1C(=O)NC1CN(Cc2cc(Br)no2)CC1F. The van der Waals surface area contributed by atoms with Crippen LogP contribution in [0.3, 0.4) is 0 Å². The largest absolute Gasteiger partial charge is 0.480 e. The van der Waals surface area contributed by atoms with E-state index in [-0.39, 0.29) is 41.6 Å². The summed E-state index contributed by atoms with van der Waals surface area (Å²) in [5.41, 5.74) is 4.24. The van der Waals surface area contributed by atoms with Crippen LogP contribution in [0.1, 0.15) is 21.7 Å². The van der Waals surface area contributed by atoms with Gasteiger partial charge in [0.2, 0.25) is 5.88 Å². The molecule has 4 aromatic rings. The molecule has 0 radical (unpaired) electrons. The predicted octanol–water partition coefficient (Wildman–Crippen LogP) is 3.10. The standard InChI is InChI=1S/C22H19BrF4N8O3/c1-37-21-12(20(36)32-15-8-34(7-14(15)24)6-11-3-17(23)33-38-11)2-10(5-29-21)16-4-13(22(25,26)27)18-19(28)30-9-31-35(16)18/h2-5,9,14-15H,6-8H2,1H3,(H,32,36)(H2,28,30,31). The van der Waals surface area contributed by atoms with E-state index in [9.17, 15) is 22.4 Å². The third kappa shape index (κ3) is 4.88. The molecule has 2 unspecified atom stereocenters. The number of rotatable bonds is 6. The molecule has 0 aliphatic carbocycles. The fourth-order valence-electron chi connectivity index (χ4n) is 4.34. The molecule has 38 heavy (non-hydrogen) atoms. The zero-order valence-corrected chi connectivity index (χ0v) is 21.1. The summed E-state index contributed by atoms with van der Waals surface area (Å²) in [7, 11) is 1.28. The Morgan fingerprint density at radius 1 is 1.29 bits per heavy atom. The maximum absolute atomic E-state index is 14.8. The van der Waals surface area contributed by atoms with Crippen LogP contribution in [0.5, 0.6) is 5.88 Å². The minimum absolute atomic E-state index is 0.0285. The summed E-state index contributed by atoms with van der Waals surface area (Å²) in [6.45, 7) is 0.533. The lowest BCUT2D eigenvalue weighted by molar-refractivity contribution is -0.136. The molecule has 0 bridgehead atoms. The number of pyridine rings is 1.